The molecule has 1 saturated heterocycles. The van der Waals surface area contributed by atoms with Gasteiger partial charge in [0.2, 0.25) is 0 Å². The van der Waals surface area contributed by atoms with E-state index in [4.69, 9.17) is 5.26 Å². The maximum Gasteiger partial charge on any atom is 0.128 e. The molecule has 3 nitrogen and oxygen atoms in total. The van der Waals surface area contributed by atoms with Crippen LogP contribution in [0.2, 0.25) is 18.1 Å². The highest BCUT2D eigenvalue weighted by molar-refractivity contribution is 6.77. The van der Waals surface area contributed by atoms with Crippen LogP contribution >= 0.6 is 0 Å². The Labute approximate surface area is 127 Å². The van der Waals surface area contributed by atoms with Crippen molar-refractivity contribution in [2.24, 2.45) is 11.8 Å². The average molecular weight is 296 g/mol. The van der Waals surface area contributed by atoms with Crippen LogP contribution in [0.5, 0.6) is 0 Å². The minimum atomic E-state index is -1.43. The van der Waals surface area contributed by atoms with Crippen LogP contribution in [-0.2, 0) is 0 Å². The summed E-state index contributed by atoms with van der Waals surface area (Å²) >= 11 is 0. The predicted octanol–water partition coefficient (Wildman–Crippen LogP) is 3.40. The third-order valence-corrected chi connectivity index (χ3v) is 11.7. The average Bonchev–Trinajstić information content (AvgIpc) is 2.38. The monoisotopic (exact) mass is 295 g/mol. The van der Waals surface area contributed by atoms with Gasteiger partial charge in [-0.3, -0.25) is 4.90 Å². The summed E-state index contributed by atoms with van der Waals surface area (Å²) in [5, 5.41) is 9.36. The van der Waals surface area contributed by atoms with Crippen molar-refractivity contribution >= 4 is 8.24 Å². The summed E-state index contributed by atoms with van der Waals surface area (Å²) in [6.45, 7) is 22.2. The van der Waals surface area contributed by atoms with Crippen LogP contribution in [0.4, 0.5) is 0 Å². The summed E-state index contributed by atoms with van der Waals surface area (Å²) in [5.74, 6) is 0.875. The summed E-state index contributed by atoms with van der Waals surface area (Å²) in [7, 11) is -1.43. The molecule has 1 atom stereocenters. The minimum Gasteiger partial charge on any atom is -0.321 e. The third kappa shape index (κ3) is 3.63. The molecule has 1 aliphatic heterocycles. The van der Waals surface area contributed by atoms with Gasteiger partial charge in [-0.15, -0.1) is 0 Å². The Kier molecular flexibility index (Phi) is 5.83. The van der Waals surface area contributed by atoms with Crippen LogP contribution in [0.25, 0.3) is 0 Å². The Balaban J connectivity index is 2.63. The van der Waals surface area contributed by atoms with E-state index in [9.17, 15) is 0 Å². The molecule has 1 heterocycles. The van der Waals surface area contributed by atoms with E-state index >= 15 is 0 Å². The molecule has 0 N–H and O–H groups in total. The summed E-state index contributed by atoms with van der Waals surface area (Å²) < 4.78 is 2.78. The second-order valence-electron chi connectivity index (χ2n) is 7.75. The first-order valence-corrected chi connectivity index (χ1v) is 10.9. The molecule has 0 amide bonds. The maximum absolute atomic E-state index is 8.93. The van der Waals surface area contributed by atoms with E-state index in [1.165, 1.54) is 13.1 Å². The standard InChI is InChI=1S/C16H33N3Si/c1-14(2)16(4,5)20(6,7)19-10-8-18(9-11-19)13-15(3)12-17/h14-15H,8-11,13H2,1-7H3. The molecule has 0 aromatic rings. The molecule has 0 aliphatic carbocycles. The smallest absolute Gasteiger partial charge is 0.128 e. The minimum absolute atomic E-state index is 0.152. The molecule has 1 rings (SSSR count). The summed E-state index contributed by atoms with van der Waals surface area (Å²) in [4.78, 5) is 2.46. The fraction of sp³-hybridized carbons (Fsp3) is 0.938. The summed E-state index contributed by atoms with van der Waals surface area (Å²) in [5.41, 5.74) is 0. The van der Waals surface area contributed by atoms with Crippen molar-refractivity contribution in [3.8, 4) is 6.07 Å². The SMILES string of the molecule is CC(C#N)CN1CCN([Si](C)(C)C(C)(C)C(C)C)CC1. The van der Waals surface area contributed by atoms with E-state index in [0.717, 1.165) is 25.6 Å². The zero-order valence-corrected chi connectivity index (χ0v) is 15.5. The lowest BCUT2D eigenvalue weighted by Crippen LogP contribution is -2.62. The fourth-order valence-electron chi connectivity index (χ4n) is 3.03. The van der Waals surface area contributed by atoms with Gasteiger partial charge in [0.15, 0.2) is 0 Å². The van der Waals surface area contributed by atoms with Gasteiger partial charge in [-0.05, 0) is 17.9 Å². The van der Waals surface area contributed by atoms with Gasteiger partial charge in [-0.1, -0.05) is 40.8 Å². The van der Waals surface area contributed by atoms with Crippen molar-refractivity contribution < 1.29 is 0 Å². The van der Waals surface area contributed by atoms with Crippen molar-refractivity contribution in [3.63, 3.8) is 0 Å². The van der Waals surface area contributed by atoms with Gasteiger partial charge in [0.1, 0.15) is 8.24 Å². The van der Waals surface area contributed by atoms with Gasteiger partial charge in [0, 0.05) is 32.7 Å². The van der Waals surface area contributed by atoms with E-state index in [1.807, 2.05) is 6.92 Å². The van der Waals surface area contributed by atoms with Crippen LogP contribution in [0, 0.1) is 23.2 Å². The van der Waals surface area contributed by atoms with Gasteiger partial charge in [0.25, 0.3) is 0 Å². The number of nitriles is 1. The van der Waals surface area contributed by atoms with Crippen LogP contribution in [0.3, 0.4) is 0 Å². The Bertz CT molecular complexity index is 349. The quantitative estimate of drug-likeness (QED) is 0.728. The number of hydrogen-bond acceptors (Lipinski definition) is 3. The van der Waals surface area contributed by atoms with Crippen molar-refractivity contribution in [3.05, 3.63) is 0 Å². The van der Waals surface area contributed by atoms with Gasteiger partial charge in [-0.2, -0.15) is 5.26 Å². The highest BCUT2D eigenvalue weighted by atomic mass is 28.3. The topological polar surface area (TPSA) is 30.3 Å². The van der Waals surface area contributed by atoms with Crippen molar-refractivity contribution in [1.29, 1.82) is 5.26 Å². The Morgan fingerprint density at radius 1 is 1.10 bits per heavy atom. The van der Waals surface area contributed by atoms with E-state index in [2.05, 4.69) is 56.3 Å². The molecule has 0 aromatic carbocycles. The van der Waals surface area contributed by atoms with Gasteiger partial charge >= 0.3 is 0 Å². The highest BCUT2D eigenvalue weighted by Crippen LogP contribution is 2.45. The van der Waals surface area contributed by atoms with E-state index in [0.29, 0.717) is 5.04 Å². The Morgan fingerprint density at radius 3 is 2.00 bits per heavy atom. The van der Waals surface area contributed by atoms with Crippen LogP contribution in [-0.4, -0.2) is 50.4 Å². The number of hydrogen-bond donors (Lipinski definition) is 0. The lowest BCUT2D eigenvalue weighted by molar-refractivity contribution is 0.168. The first-order valence-electron chi connectivity index (χ1n) is 8.00. The highest BCUT2D eigenvalue weighted by Gasteiger charge is 2.46. The molecule has 116 valence electrons. The largest absolute Gasteiger partial charge is 0.321 e. The second kappa shape index (κ2) is 6.59. The lowest BCUT2D eigenvalue weighted by atomic mass is 9.99. The summed E-state index contributed by atoms with van der Waals surface area (Å²) in [6, 6.07) is 2.35. The molecule has 1 fully saturated rings. The molecule has 0 radical (unpaired) electrons. The van der Waals surface area contributed by atoms with E-state index in [-0.39, 0.29) is 5.92 Å². The molecule has 1 aliphatic rings. The predicted molar refractivity (Wildman–Crippen MR) is 89.2 cm³/mol. The molecular formula is C16H33N3Si. The molecule has 4 heteroatoms. The fourth-order valence-corrected chi connectivity index (χ4v) is 6.58. The first kappa shape index (κ1) is 17.7. The zero-order chi connectivity index (χ0) is 15.6. The van der Waals surface area contributed by atoms with Gasteiger partial charge in [0.05, 0.1) is 12.0 Å². The molecule has 0 spiro atoms. The van der Waals surface area contributed by atoms with Crippen molar-refractivity contribution in [2.75, 3.05) is 32.7 Å². The third-order valence-electron chi connectivity index (χ3n) is 5.94. The normalized spacial score (nSPS) is 20.9. The number of nitrogens with zero attached hydrogens (tertiary/aromatic N) is 3. The molecule has 0 saturated carbocycles. The van der Waals surface area contributed by atoms with Gasteiger partial charge < -0.3 is 4.57 Å². The molecule has 0 aromatic heterocycles. The summed E-state index contributed by atoms with van der Waals surface area (Å²) in [6.07, 6.45) is 0. The first-order chi connectivity index (χ1) is 9.12. The molecule has 0 bridgehead atoms. The van der Waals surface area contributed by atoms with Crippen LogP contribution in [0.15, 0.2) is 0 Å². The van der Waals surface area contributed by atoms with Crippen molar-refractivity contribution in [1.82, 2.24) is 9.47 Å². The number of piperazine rings is 1. The molecular weight excluding hydrogens is 262 g/mol. The Morgan fingerprint density at radius 2 is 1.60 bits per heavy atom. The maximum atomic E-state index is 8.93. The second-order valence-corrected chi connectivity index (χ2v) is 12.8. The number of rotatable bonds is 5. The molecule has 20 heavy (non-hydrogen) atoms. The van der Waals surface area contributed by atoms with E-state index < -0.39 is 8.24 Å². The van der Waals surface area contributed by atoms with E-state index in [1.54, 1.807) is 0 Å². The van der Waals surface area contributed by atoms with Crippen molar-refractivity contribution in [2.45, 2.75) is 52.8 Å². The van der Waals surface area contributed by atoms with Crippen LogP contribution in [0.1, 0.15) is 34.6 Å². The molecule has 1 unspecified atom stereocenters. The zero-order valence-electron chi connectivity index (χ0n) is 14.5. The lowest BCUT2D eigenvalue weighted by Gasteiger charge is -2.52. The Hall–Kier alpha value is -0.373. The van der Waals surface area contributed by atoms with Gasteiger partial charge in [-0.25, -0.2) is 0 Å². The van der Waals surface area contributed by atoms with Crippen LogP contribution < -0.4 is 0 Å².